The largest absolute Gasteiger partial charge is 0.497 e. The van der Waals surface area contributed by atoms with Gasteiger partial charge in [-0.25, -0.2) is 4.98 Å². The number of fused-ring (bicyclic) bond motifs is 4. The van der Waals surface area contributed by atoms with Crippen LogP contribution in [0.3, 0.4) is 0 Å². The molecule has 3 fully saturated rings. The van der Waals surface area contributed by atoms with Gasteiger partial charge in [-0.3, -0.25) is 19.4 Å². The molecule has 0 spiro atoms. The molecule has 35 heavy (non-hydrogen) atoms. The summed E-state index contributed by atoms with van der Waals surface area (Å²) < 4.78 is 7.66. The zero-order chi connectivity index (χ0) is 25.2. The molecular formula is C26H38N4O5. The van der Waals surface area contributed by atoms with E-state index in [4.69, 9.17) is 24.5 Å². The second-order valence-corrected chi connectivity index (χ2v) is 9.58. The molecule has 4 heterocycles. The van der Waals surface area contributed by atoms with Crippen molar-refractivity contribution >= 4 is 12.9 Å². The Labute approximate surface area is 207 Å². The predicted molar refractivity (Wildman–Crippen MR) is 132 cm³/mol. The lowest BCUT2D eigenvalue weighted by Crippen LogP contribution is -2.63. The second-order valence-electron chi connectivity index (χ2n) is 9.58. The minimum Gasteiger partial charge on any atom is -0.497 e. The van der Waals surface area contributed by atoms with Crippen LogP contribution in [0.4, 0.5) is 0 Å². The van der Waals surface area contributed by atoms with Gasteiger partial charge in [0.2, 0.25) is 0 Å². The monoisotopic (exact) mass is 486 g/mol. The van der Waals surface area contributed by atoms with E-state index in [9.17, 15) is 0 Å². The molecule has 3 aliphatic heterocycles. The van der Waals surface area contributed by atoms with E-state index in [1.807, 2.05) is 12.5 Å². The van der Waals surface area contributed by atoms with Gasteiger partial charge < -0.3 is 19.5 Å². The van der Waals surface area contributed by atoms with Gasteiger partial charge in [0.05, 0.1) is 19.1 Å². The van der Waals surface area contributed by atoms with Crippen LogP contribution in [-0.4, -0.2) is 81.3 Å². The summed E-state index contributed by atoms with van der Waals surface area (Å²) >= 11 is 0. The van der Waals surface area contributed by atoms with Crippen LogP contribution in [0.1, 0.15) is 36.9 Å². The van der Waals surface area contributed by atoms with Crippen LogP contribution in [0.5, 0.6) is 5.75 Å². The molecule has 9 heteroatoms. The van der Waals surface area contributed by atoms with Gasteiger partial charge >= 0.3 is 0 Å². The molecule has 1 aromatic heterocycles. The number of hydrogen-bond donors (Lipinski definition) is 2. The molecule has 0 saturated carbocycles. The number of rotatable bonds is 5. The van der Waals surface area contributed by atoms with Crippen molar-refractivity contribution < 1.29 is 24.5 Å². The van der Waals surface area contributed by atoms with E-state index >= 15 is 0 Å². The molecule has 0 radical (unpaired) electrons. The van der Waals surface area contributed by atoms with Gasteiger partial charge in [-0.15, -0.1) is 0 Å². The number of methoxy groups -OCH3 is 1. The Hall–Kier alpha value is -2.91. The average molecular weight is 487 g/mol. The van der Waals surface area contributed by atoms with E-state index in [0.717, 1.165) is 36.6 Å². The second kappa shape index (κ2) is 13.3. The molecule has 0 amide bonds. The van der Waals surface area contributed by atoms with Crippen molar-refractivity contribution in [1.29, 1.82) is 0 Å². The maximum Gasteiger partial charge on any atom is 0.290 e. The number of benzene rings is 1. The Bertz CT molecular complexity index is 930. The summed E-state index contributed by atoms with van der Waals surface area (Å²) in [6.07, 6.45) is 10.6. The van der Waals surface area contributed by atoms with Gasteiger partial charge in [-0.2, -0.15) is 0 Å². The number of hydrogen-bond acceptors (Lipinski definition) is 6. The number of likely N-dealkylation sites (tertiary alicyclic amines) is 1. The van der Waals surface area contributed by atoms with Crippen LogP contribution in [-0.2, 0) is 29.6 Å². The summed E-state index contributed by atoms with van der Waals surface area (Å²) in [5, 5.41) is 13.8. The standard InChI is InChI=1S/C24H34N4O.2CH2O2/c1-26-17-25-13-21(26)16-27-14-19-12-20(15-27)24(28-9-4-3-8-23(19)28)11-18-6-5-7-22(10-18)29-2;2*2-1-3/h5-7,10,13,17,19-20,23-24H,3-4,8-9,11-12,14-16H2,1-2H3;2*1H,(H,2,3)/t19-,20+,23+,24+;;/m1../s1. The fourth-order valence-electron chi connectivity index (χ4n) is 6.22. The molecule has 3 aliphatic rings. The molecule has 0 unspecified atom stereocenters. The number of nitrogens with zero attached hydrogens (tertiary/aromatic N) is 4. The lowest BCUT2D eigenvalue weighted by Gasteiger charge is -2.57. The Kier molecular flexibility index (Phi) is 10.1. The maximum atomic E-state index is 8.36. The number of carbonyl (C=O) groups is 2. The van der Waals surface area contributed by atoms with Gasteiger partial charge in [0.1, 0.15) is 5.75 Å². The molecule has 4 atom stereocenters. The molecule has 192 valence electrons. The quantitative estimate of drug-likeness (QED) is 0.621. The first-order chi connectivity index (χ1) is 17.0. The van der Waals surface area contributed by atoms with Crippen LogP contribution in [0.2, 0.25) is 0 Å². The Balaban J connectivity index is 0.000000520. The fraction of sp³-hybridized carbons (Fsp3) is 0.577. The van der Waals surface area contributed by atoms with Gasteiger partial charge in [0.25, 0.3) is 12.9 Å². The lowest BCUT2D eigenvalue weighted by atomic mass is 9.71. The molecule has 3 saturated heterocycles. The molecule has 2 aromatic rings. The summed E-state index contributed by atoms with van der Waals surface area (Å²) in [5.74, 6) is 2.55. The van der Waals surface area contributed by atoms with E-state index in [2.05, 4.69) is 50.7 Å². The first-order valence-corrected chi connectivity index (χ1v) is 12.3. The summed E-state index contributed by atoms with van der Waals surface area (Å²) in [7, 11) is 3.88. The summed E-state index contributed by atoms with van der Waals surface area (Å²) in [4.78, 5) is 26.7. The molecule has 5 rings (SSSR count). The predicted octanol–water partition coefficient (Wildman–Crippen LogP) is 2.75. The summed E-state index contributed by atoms with van der Waals surface area (Å²) in [6, 6.07) is 10.1. The van der Waals surface area contributed by atoms with Gasteiger partial charge in [0, 0.05) is 45.0 Å². The highest BCUT2D eigenvalue weighted by atomic mass is 16.5. The zero-order valence-corrected chi connectivity index (χ0v) is 20.7. The Morgan fingerprint density at radius 1 is 1.14 bits per heavy atom. The maximum absolute atomic E-state index is 8.36. The van der Waals surface area contributed by atoms with Crippen LogP contribution in [0.15, 0.2) is 36.8 Å². The molecule has 9 nitrogen and oxygen atoms in total. The van der Waals surface area contributed by atoms with E-state index in [0.29, 0.717) is 6.04 Å². The highest BCUT2D eigenvalue weighted by molar-refractivity contribution is 5.33. The number of ether oxygens (including phenoxy) is 1. The fourth-order valence-corrected chi connectivity index (χ4v) is 6.22. The molecule has 2 bridgehead atoms. The Morgan fingerprint density at radius 3 is 2.57 bits per heavy atom. The normalized spacial score (nSPS) is 25.7. The number of aryl methyl sites for hydroxylation is 1. The van der Waals surface area contributed by atoms with E-state index in [1.165, 1.54) is 56.6 Å². The molecule has 1 aromatic carbocycles. The molecular weight excluding hydrogens is 448 g/mol. The summed E-state index contributed by atoms with van der Waals surface area (Å²) in [6.45, 7) is 4.27. The molecule has 0 aliphatic carbocycles. The third-order valence-corrected chi connectivity index (χ3v) is 7.58. The first-order valence-electron chi connectivity index (χ1n) is 12.3. The van der Waals surface area contributed by atoms with Crippen molar-refractivity contribution in [3.8, 4) is 5.75 Å². The van der Waals surface area contributed by atoms with Gasteiger partial charge in [-0.05, 0) is 61.8 Å². The number of imidazole rings is 1. The third-order valence-electron chi connectivity index (χ3n) is 7.58. The minimum atomic E-state index is -0.250. The highest BCUT2D eigenvalue weighted by Crippen LogP contribution is 2.42. The van der Waals surface area contributed by atoms with E-state index in [-0.39, 0.29) is 12.9 Å². The zero-order valence-electron chi connectivity index (χ0n) is 20.7. The van der Waals surface area contributed by atoms with Crippen molar-refractivity contribution in [2.75, 3.05) is 26.7 Å². The van der Waals surface area contributed by atoms with Crippen molar-refractivity contribution in [1.82, 2.24) is 19.4 Å². The highest BCUT2D eigenvalue weighted by Gasteiger charge is 2.46. The third kappa shape index (κ3) is 6.82. The smallest absolute Gasteiger partial charge is 0.290 e. The number of carboxylic acid groups (broad SMARTS) is 2. The van der Waals surface area contributed by atoms with Crippen molar-refractivity contribution in [2.24, 2.45) is 18.9 Å². The van der Waals surface area contributed by atoms with Crippen LogP contribution in [0.25, 0.3) is 0 Å². The van der Waals surface area contributed by atoms with Crippen molar-refractivity contribution in [3.63, 3.8) is 0 Å². The van der Waals surface area contributed by atoms with E-state index in [1.54, 1.807) is 7.11 Å². The SMILES string of the molecule is COc1cccc(C[C@H]2[C@H]3C[C@H](CN(Cc4cncn4C)C3)[C@@H]3CCCCN32)c1.O=CO.O=CO. The van der Waals surface area contributed by atoms with Crippen LogP contribution < -0.4 is 4.74 Å². The van der Waals surface area contributed by atoms with E-state index < -0.39 is 0 Å². The lowest BCUT2D eigenvalue weighted by molar-refractivity contribution is -0.123. The van der Waals surface area contributed by atoms with Crippen molar-refractivity contribution in [2.45, 2.75) is 50.7 Å². The Morgan fingerprint density at radius 2 is 1.89 bits per heavy atom. The number of aromatic nitrogens is 2. The average Bonchev–Trinajstić information content (AvgIpc) is 3.27. The minimum absolute atomic E-state index is 0.250. The van der Waals surface area contributed by atoms with Crippen molar-refractivity contribution in [3.05, 3.63) is 48.0 Å². The van der Waals surface area contributed by atoms with Gasteiger partial charge in [0.15, 0.2) is 0 Å². The molecule has 2 N–H and O–H groups in total. The first kappa shape index (κ1) is 26.7. The number of piperidine rings is 3. The van der Waals surface area contributed by atoms with Gasteiger partial charge in [-0.1, -0.05) is 18.6 Å². The summed E-state index contributed by atoms with van der Waals surface area (Å²) in [5.41, 5.74) is 2.75. The van der Waals surface area contributed by atoms with Crippen LogP contribution >= 0.6 is 0 Å². The topological polar surface area (TPSA) is 108 Å². The van der Waals surface area contributed by atoms with Crippen LogP contribution in [0, 0.1) is 11.8 Å².